The van der Waals surface area contributed by atoms with E-state index in [2.05, 4.69) is 4.90 Å². The van der Waals surface area contributed by atoms with Gasteiger partial charge in [-0.15, -0.1) is 0 Å². The Morgan fingerprint density at radius 2 is 2.37 bits per heavy atom. The van der Waals surface area contributed by atoms with E-state index in [0.717, 1.165) is 31.7 Å². The summed E-state index contributed by atoms with van der Waals surface area (Å²) in [6.07, 6.45) is 1.14. The van der Waals surface area contributed by atoms with E-state index >= 15 is 0 Å². The van der Waals surface area contributed by atoms with Crippen molar-refractivity contribution >= 4 is 11.7 Å². The van der Waals surface area contributed by atoms with Crippen molar-refractivity contribution in [3.8, 4) is 0 Å². The first-order valence-corrected chi connectivity index (χ1v) is 6.52. The molecule has 5 heteroatoms. The van der Waals surface area contributed by atoms with E-state index in [-0.39, 0.29) is 11.7 Å². The van der Waals surface area contributed by atoms with Crippen LogP contribution in [0, 0.1) is 0 Å². The molecule has 1 saturated heterocycles. The highest BCUT2D eigenvalue weighted by Crippen LogP contribution is 2.20. The molecule has 0 amide bonds. The van der Waals surface area contributed by atoms with Gasteiger partial charge in [0, 0.05) is 31.9 Å². The molecule has 1 aromatic carbocycles. The van der Waals surface area contributed by atoms with Crippen LogP contribution in [0.25, 0.3) is 0 Å². The SMILES string of the molecule is CC1CN(Cc2cccc(N)c2C(=O)O)CCCO1. The van der Waals surface area contributed by atoms with Crippen molar-refractivity contribution in [2.24, 2.45) is 0 Å². The van der Waals surface area contributed by atoms with Crippen LogP contribution in [0.2, 0.25) is 0 Å². The number of carboxylic acids is 1. The van der Waals surface area contributed by atoms with Crippen molar-refractivity contribution in [1.82, 2.24) is 4.90 Å². The van der Waals surface area contributed by atoms with E-state index < -0.39 is 5.97 Å². The molecular weight excluding hydrogens is 244 g/mol. The average Bonchev–Trinajstić information content (AvgIpc) is 2.53. The van der Waals surface area contributed by atoms with Crippen LogP contribution in [0.1, 0.15) is 29.3 Å². The number of aromatic carboxylic acids is 1. The number of ether oxygens (including phenoxy) is 1. The summed E-state index contributed by atoms with van der Waals surface area (Å²) in [7, 11) is 0. The maximum Gasteiger partial charge on any atom is 0.338 e. The molecule has 5 nitrogen and oxygen atoms in total. The summed E-state index contributed by atoms with van der Waals surface area (Å²) in [5.74, 6) is -0.966. The van der Waals surface area contributed by atoms with Crippen molar-refractivity contribution < 1.29 is 14.6 Å². The Labute approximate surface area is 113 Å². The van der Waals surface area contributed by atoms with Crippen LogP contribution in [0.5, 0.6) is 0 Å². The van der Waals surface area contributed by atoms with E-state index in [1.54, 1.807) is 12.1 Å². The molecular formula is C14H20N2O3. The molecule has 1 heterocycles. The van der Waals surface area contributed by atoms with E-state index in [9.17, 15) is 9.90 Å². The summed E-state index contributed by atoms with van der Waals surface area (Å²) in [5, 5.41) is 9.26. The summed E-state index contributed by atoms with van der Waals surface area (Å²) in [4.78, 5) is 13.5. The predicted octanol–water partition coefficient (Wildman–Crippen LogP) is 1.58. The van der Waals surface area contributed by atoms with Gasteiger partial charge in [0.15, 0.2) is 0 Å². The number of hydrogen-bond donors (Lipinski definition) is 2. The van der Waals surface area contributed by atoms with Crippen LogP contribution >= 0.6 is 0 Å². The Bertz CT molecular complexity index is 462. The monoisotopic (exact) mass is 264 g/mol. The number of hydrogen-bond acceptors (Lipinski definition) is 4. The topological polar surface area (TPSA) is 75.8 Å². The van der Waals surface area contributed by atoms with Crippen LogP contribution in [-0.4, -0.2) is 41.8 Å². The third-order valence-electron chi connectivity index (χ3n) is 3.33. The fourth-order valence-electron chi connectivity index (χ4n) is 2.48. The zero-order valence-electron chi connectivity index (χ0n) is 11.1. The highest BCUT2D eigenvalue weighted by Gasteiger charge is 2.19. The lowest BCUT2D eigenvalue weighted by Crippen LogP contribution is -2.30. The van der Waals surface area contributed by atoms with Gasteiger partial charge in [-0.05, 0) is 25.0 Å². The van der Waals surface area contributed by atoms with Gasteiger partial charge in [-0.2, -0.15) is 0 Å². The zero-order chi connectivity index (χ0) is 13.8. The van der Waals surface area contributed by atoms with Crippen molar-refractivity contribution in [3.05, 3.63) is 29.3 Å². The summed E-state index contributed by atoms with van der Waals surface area (Å²) in [6, 6.07) is 5.26. The molecule has 104 valence electrons. The van der Waals surface area contributed by atoms with E-state index in [0.29, 0.717) is 12.2 Å². The van der Waals surface area contributed by atoms with Crippen molar-refractivity contribution in [3.63, 3.8) is 0 Å². The number of benzene rings is 1. The Morgan fingerprint density at radius 1 is 1.58 bits per heavy atom. The van der Waals surface area contributed by atoms with Gasteiger partial charge in [0.1, 0.15) is 0 Å². The molecule has 1 aromatic rings. The van der Waals surface area contributed by atoms with Crippen LogP contribution in [0.3, 0.4) is 0 Å². The number of carbonyl (C=O) groups is 1. The van der Waals surface area contributed by atoms with E-state index in [4.69, 9.17) is 10.5 Å². The fourth-order valence-corrected chi connectivity index (χ4v) is 2.48. The van der Waals surface area contributed by atoms with Gasteiger partial charge < -0.3 is 15.6 Å². The lowest BCUT2D eigenvalue weighted by atomic mass is 10.0. The quantitative estimate of drug-likeness (QED) is 0.811. The number of nitrogens with two attached hydrogens (primary N) is 1. The van der Waals surface area contributed by atoms with Gasteiger partial charge in [0.25, 0.3) is 0 Å². The molecule has 0 radical (unpaired) electrons. The third-order valence-corrected chi connectivity index (χ3v) is 3.33. The second-order valence-corrected chi connectivity index (χ2v) is 4.96. The Balaban J connectivity index is 2.18. The maximum absolute atomic E-state index is 11.3. The van der Waals surface area contributed by atoms with Crippen LogP contribution < -0.4 is 5.73 Å². The number of carboxylic acid groups (broad SMARTS) is 1. The molecule has 0 bridgehead atoms. The van der Waals surface area contributed by atoms with Crippen molar-refractivity contribution in [2.45, 2.75) is 26.0 Å². The summed E-state index contributed by atoms with van der Waals surface area (Å²) in [5.41, 5.74) is 7.07. The fraction of sp³-hybridized carbons (Fsp3) is 0.500. The molecule has 0 aromatic heterocycles. The van der Waals surface area contributed by atoms with Crippen LogP contribution in [0.15, 0.2) is 18.2 Å². The van der Waals surface area contributed by atoms with Gasteiger partial charge in [-0.3, -0.25) is 4.90 Å². The molecule has 2 rings (SSSR count). The van der Waals surface area contributed by atoms with E-state index in [1.165, 1.54) is 0 Å². The van der Waals surface area contributed by atoms with Gasteiger partial charge >= 0.3 is 5.97 Å². The number of nitrogen functional groups attached to an aromatic ring is 1. The zero-order valence-corrected chi connectivity index (χ0v) is 11.1. The average molecular weight is 264 g/mol. The molecule has 1 aliphatic heterocycles. The minimum absolute atomic E-state index is 0.178. The molecule has 0 spiro atoms. The Morgan fingerprint density at radius 3 is 3.11 bits per heavy atom. The second-order valence-electron chi connectivity index (χ2n) is 4.96. The molecule has 0 saturated carbocycles. The van der Waals surface area contributed by atoms with Gasteiger partial charge in [0.2, 0.25) is 0 Å². The summed E-state index contributed by atoms with van der Waals surface area (Å²) < 4.78 is 5.59. The smallest absolute Gasteiger partial charge is 0.338 e. The van der Waals surface area contributed by atoms with Gasteiger partial charge in [0.05, 0.1) is 11.7 Å². The molecule has 0 aliphatic carbocycles. The van der Waals surface area contributed by atoms with Crippen molar-refractivity contribution in [1.29, 1.82) is 0 Å². The molecule has 19 heavy (non-hydrogen) atoms. The summed E-state index contributed by atoms with van der Waals surface area (Å²) in [6.45, 7) is 5.13. The summed E-state index contributed by atoms with van der Waals surface area (Å²) >= 11 is 0. The van der Waals surface area contributed by atoms with Gasteiger partial charge in [-0.25, -0.2) is 4.79 Å². The van der Waals surface area contributed by atoms with Crippen LogP contribution in [-0.2, 0) is 11.3 Å². The number of nitrogens with zero attached hydrogens (tertiary/aromatic N) is 1. The van der Waals surface area contributed by atoms with E-state index in [1.807, 2.05) is 13.0 Å². The molecule has 3 N–H and O–H groups in total. The first-order chi connectivity index (χ1) is 9.08. The highest BCUT2D eigenvalue weighted by molar-refractivity contribution is 5.95. The lowest BCUT2D eigenvalue weighted by Gasteiger charge is -2.22. The minimum Gasteiger partial charge on any atom is -0.478 e. The minimum atomic E-state index is -0.966. The maximum atomic E-state index is 11.3. The molecule has 1 fully saturated rings. The molecule has 1 unspecified atom stereocenters. The normalized spacial score (nSPS) is 21.0. The number of rotatable bonds is 3. The first-order valence-electron chi connectivity index (χ1n) is 6.52. The Kier molecular flexibility index (Phi) is 4.39. The first kappa shape index (κ1) is 13.8. The lowest BCUT2D eigenvalue weighted by molar-refractivity contribution is 0.0663. The second kappa shape index (κ2) is 6.04. The van der Waals surface area contributed by atoms with Gasteiger partial charge in [-0.1, -0.05) is 12.1 Å². The highest BCUT2D eigenvalue weighted by atomic mass is 16.5. The Hall–Kier alpha value is -1.59. The van der Waals surface area contributed by atoms with Crippen LogP contribution in [0.4, 0.5) is 5.69 Å². The largest absolute Gasteiger partial charge is 0.478 e. The standard InChI is InChI=1S/C14H20N2O3/c1-10-8-16(6-3-7-19-10)9-11-4-2-5-12(15)13(11)14(17)18/h2,4-5,10H,3,6-9,15H2,1H3,(H,17,18). The molecule has 1 aliphatic rings. The molecule has 1 atom stereocenters. The number of anilines is 1. The predicted molar refractivity (Wildman–Crippen MR) is 73.1 cm³/mol. The third kappa shape index (κ3) is 3.45. The van der Waals surface area contributed by atoms with Crippen molar-refractivity contribution in [2.75, 3.05) is 25.4 Å².